The van der Waals surface area contributed by atoms with Crippen molar-refractivity contribution in [2.75, 3.05) is 6.61 Å². The molecule has 3 aromatic rings. The van der Waals surface area contributed by atoms with Gasteiger partial charge in [-0.25, -0.2) is 14.6 Å². The zero-order valence-corrected chi connectivity index (χ0v) is 42.3. The van der Waals surface area contributed by atoms with E-state index < -0.39 is 109 Å². The number of fused-ring (bicyclic) bond motifs is 5. The van der Waals surface area contributed by atoms with Gasteiger partial charge in [0.15, 0.2) is 25.8 Å². The Balaban J connectivity index is 1.24. The summed E-state index contributed by atoms with van der Waals surface area (Å²) in [6.45, 7) is 14.1. The highest BCUT2D eigenvalue weighted by atomic mass is 28.4. The van der Waals surface area contributed by atoms with Gasteiger partial charge in [0.05, 0.1) is 35.5 Å². The topological polar surface area (TPSA) is 183 Å². The van der Waals surface area contributed by atoms with Crippen molar-refractivity contribution in [3.63, 3.8) is 0 Å². The molecule has 9 rings (SSSR count). The van der Waals surface area contributed by atoms with Crippen molar-refractivity contribution in [2.24, 2.45) is 27.7 Å². The Bertz CT molecular complexity index is 2570. The molecule has 1 saturated heterocycles. The van der Waals surface area contributed by atoms with Crippen LogP contribution in [0.25, 0.3) is 0 Å². The smallest absolute Gasteiger partial charge is 0.350 e. The first-order chi connectivity index (χ1) is 33.4. The fourth-order valence-electron chi connectivity index (χ4n) is 12.2. The molecule has 3 aromatic carbocycles. The zero-order valence-electron chi connectivity index (χ0n) is 41.3. The van der Waals surface area contributed by atoms with Crippen molar-refractivity contribution in [2.45, 2.75) is 153 Å². The molecule has 2 unspecified atom stereocenters. The molecule has 0 spiro atoms. The van der Waals surface area contributed by atoms with E-state index in [1.807, 2.05) is 60.7 Å². The van der Waals surface area contributed by atoms with Crippen LogP contribution in [0.5, 0.6) is 0 Å². The van der Waals surface area contributed by atoms with Crippen LogP contribution in [0, 0.1) is 22.7 Å². The quantitative estimate of drug-likeness (QED) is 0.0707. The standard InChI is InChI=1S/C55H65NO13Si/c1-9-70(10-2,11-3)69-39-29-40-54(31-63-40,68-50(60)37-27-28-37)45-47(67-49(59)36-25-19-14-20-26-36)55(62)30-38(32(4)41(52(55,6)7)43(64-33(5)57)46(58)53(39,45)8)65-51(61)44-42(34-21-15-12-16-22-34)56-48(66-44)35-23-17-13-18-24-35/h12-26,37-40,42-45,47,62H,9-11,27-31H2,1-8H3/t38-,39-,40+,42-,43+,44?,45?,47-,53+,54-,55+/m0/s1. The van der Waals surface area contributed by atoms with E-state index in [4.69, 9.17) is 37.8 Å². The van der Waals surface area contributed by atoms with Crippen molar-refractivity contribution in [1.82, 2.24) is 0 Å². The molecule has 0 radical (unpaired) electrons. The molecule has 2 aliphatic heterocycles. The maximum absolute atomic E-state index is 16.5. The number of carbonyl (C=O) groups is 5. The van der Waals surface area contributed by atoms with Crippen LogP contribution in [0.15, 0.2) is 107 Å². The van der Waals surface area contributed by atoms with Crippen molar-refractivity contribution in [1.29, 1.82) is 0 Å². The van der Waals surface area contributed by atoms with Crippen LogP contribution in [0.3, 0.4) is 0 Å². The van der Waals surface area contributed by atoms with Crippen molar-refractivity contribution in [3.8, 4) is 0 Å². The number of hydrogen-bond acceptors (Lipinski definition) is 14. The number of ether oxygens (including phenoxy) is 6. The van der Waals surface area contributed by atoms with Crippen molar-refractivity contribution < 1.29 is 61.9 Å². The molecule has 4 aliphatic carbocycles. The van der Waals surface area contributed by atoms with Gasteiger partial charge in [-0.2, -0.15) is 0 Å². The van der Waals surface area contributed by atoms with E-state index in [9.17, 15) is 24.3 Å². The second-order valence-corrected chi connectivity index (χ2v) is 25.5. The van der Waals surface area contributed by atoms with Gasteiger partial charge in [-0.3, -0.25) is 14.4 Å². The molecule has 70 heavy (non-hydrogen) atoms. The van der Waals surface area contributed by atoms with Crippen LogP contribution in [0.1, 0.15) is 109 Å². The number of esters is 4. The number of carbonyl (C=O) groups excluding carboxylic acids is 5. The van der Waals surface area contributed by atoms with Gasteiger partial charge < -0.3 is 38.0 Å². The lowest BCUT2D eigenvalue weighted by molar-refractivity contribution is -0.345. The van der Waals surface area contributed by atoms with Gasteiger partial charge in [0.1, 0.15) is 30.0 Å². The maximum Gasteiger partial charge on any atom is 0.350 e. The Morgan fingerprint density at radius 3 is 2.01 bits per heavy atom. The van der Waals surface area contributed by atoms with E-state index in [1.165, 1.54) is 6.92 Å². The van der Waals surface area contributed by atoms with Crippen molar-refractivity contribution >= 4 is 43.9 Å². The third-order valence-electron chi connectivity index (χ3n) is 16.8. The summed E-state index contributed by atoms with van der Waals surface area (Å²) >= 11 is 0. The third-order valence-corrected chi connectivity index (χ3v) is 21.4. The lowest BCUT2D eigenvalue weighted by atomic mass is 9.44. The molecule has 2 heterocycles. The highest BCUT2D eigenvalue weighted by Crippen LogP contribution is 2.65. The Labute approximate surface area is 410 Å². The van der Waals surface area contributed by atoms with Gasteiger partial charge in [0.2, 0.25) is 12.0 Å². The van der Waals surface area contributed by atoms with Crippen LogP contribution < -0.4 is 0 Å². The molecule has 6 aliphatic rings. The Hall–Kier alpha value is -5.48. The lowest BCUT2D eigenvalue weighted by Gasteiger charge is -2.68. The van der Waals surface area contributed by atoms with Gasteiger partial charge in [0, 0.05) is 30.7 Å². The summed E-state index contributed by atoms with van der Waals surface area (Å²) in [6.07, 6.45) is -6.65. The summed E-state index contributed by atoms with van der Waals surface area (Å²) in [5.74, 6) is -4.93. The van der Waals surface area contributed by atoms with Crippen LogP contribution in [0.2, 0.25) is 18.1 Å². The molecule has 0 aromatic heterocycles. The number of Topliss-reactive ketones (excluding diaryl/α,β-unsaturated/α-hetero) is 1. The molecule has 4 fully saturated rings. The monoisotopic (exact) mass is 975 g/mol. The van der Waals surface area contributed by atoms with Gasteiger partial charge >= 0.3 is 23.9 Å². The average molecular weight is 976 g/mol. The summed E-state index contributed by atoms with van der Waals surface area (Å²) in [6, 6.07) is 28.1. The fourth-order valence-corrected chi connectivity index (χ4v) is 15.2. The van der Waals surface area contributed by atoms with Gasteiger partial charge in [0.25, 0.3) is 0 Å². The lowest BCUT2D eigenvalue weighted by Crippen LogP contribution is -2.82. The average Bonchev–Trinajstić information content (AvgIpc) is 4.12. The maximum atomic E-state index is 16.5. The molecule has 15 heteroatoms. The first-order valence-electron chi connectivity index (χ1n) is 24.9. The first-order valence-corrected chi connectivity index (χ1v) is 27.4. The normalized spacial score (nSPS) is 33.2. The molecule has 2 bridgehead atoms. The molecular weight excluding hydrogens is 911 g/mol. The Morgan fingerprint density at radius 2 is 1.44 bits per heavy atom. The molecular formula is C55H65NO13Si. The van der Waals surface area contributed by atoms with E-state index in [1.54, 1.807) is 58.0 Å². The first kappa shape index (κ1) is 49.5. The van der Waals surface area contributed by atoms with E-state index in [0.29, 0.717) is 29.5 Å². The number of nitrogens with zero attached hydrogens (tertiary/aromatic N) is 1. The fraction of sp³-hybridized carbons (Fsp3) is 0.527. The van der Waals surface area contributed by atoms with Crippen LogP contribution >= 0.6 is 0 Å². The minimum atomic E-state index is -2.61. The van der Waals surface area contributed by atoms with Crippen molar-refractivity contribution in [3.05, 3.63) is 119 Å². The largest absolute Gasteiger partial charge is 0.459 e. The Kier molecular flexibility index (Phi) is 13.2. The van der Waals surface area contributed by atoms with E-state index in [2.05, 4.69) is 20.8 Å². The number of aliphatic hydroxyl groups is 1. The summed E-state index contributed by atoms with van der Waals surface area (Å²) < 4.78 is 46.4. The molecule has 0 amide bonds. The second-order valence-electron chi connectivity index (χ2n) is 20.8. The minimum absolute atomic E-state index is 0.134. The molecule has 1 N–H and O–H groups in total. The number of aliphatic imine (C=N–C) groups is 1. The van der Waals surface area contributed by atoms with Crippen LogP contribution in [-0.4, -0.2) is 103 Å². The predicted molar refractivity (Wildman–Crippen MR) is 259 cm³/mol. The predicted octanol–water partition coefficient (Wildman–Crippen LogP) is 8.21. The summed E-state index contributed by atoms with van der Waals surface area (Å²) in [4.78, 5) is 78.9. The van der Waals surface area contributed by atoms with E-state index in [-0.39, 0.29) is 42.4 Å². The third kappa shape index (κ3) is 8.14. The SMILES string of the molecule is CC[Si](CC)(CC)O[C@H]1C[C@H]2OC[C@@]2(OC(=O)C2CC2)C2[C@H](OC(=O)c3ccccc3)[C@]3(O)C[C@H](OC(=O)C4OC(c5ccccc5)=N[C@H]4c4ccccc4)C(C)=C([C@@H](OC(C)=O)C(=O)[C@@]21C)C3(C)C. The highest BCUT2D eigenvalue weighted by molar-refractivity contribution is 6.73. The zero-order chi connectivity index (χ0) is 50.0. The summed E-state index contributed by atoms with van der Waals surface area (Å²) in [5.41, 5.74) is -5.13. The van der Waals surface area contributed by atoms with Crippen LogP contribution in [0.4, 0.5) is 0 Å². The highest BCUT2D eigenvalue weighted by Gasteiger charge is 2.79. The number of ketones is 1. The van der Waals surface area contributed by atoms with Gasteiger partial charge in [-0.15, -0.1) is 0 Å². The van der Waals surface area contributed by atoms with Gasteiger partial charge in [-0.1, -0.05) is 101 Å². The summed E-state index contributed by atoms with van der Waals surface area (Å²) in [5, 5.41) is 14.3. The number of rotatable bonds is 14. The molecule has 3 saturated carbocycles. The molecule has 14 nitrogen and oxygen atoms in total. The van der Waals surface area contributed by atoms with E-state index >= 15 is 4.79 Å². The Morgan fingerprint density at radius 1 is 0.829 bits per heavy atom. The molecule has 372 valence electrons. The van der Waals surface area contributed by atoms with E-state index in [0.717, 1.165) is 18.1 Å². The number of hydrogen-bond donors (Lipinski definition) is 1. The van der Waals surface area contributed by atoms with Gasteiger partial charge in [-0.05, 0) is 85.8 Å². The minimum Gasteiger partial charge on any atom is -0.459 e. The summed E-state index contributed by atoms with van der Waals surface area (Å²) in [7, 11) is -2.61. The molecule has 11 atom stereocenters. The second kappa shape index (κ2) is 18.6. The number of benzene rings is 3. The van der Waals surface area contributed by atoms with Crippen LogP contribution in [-0.2, 0) is 52.0 Å².